The Labute approximate surface area is 107 Å². The smallest absolute Gasteiger partial charge is 0.123 e. The van der Waals surface area contributed by atoms with Crippen molar-refractivity contribution in [3.63, 3.8) is 0 Å². The maximum Gasteiger partial charge on any atom is 0.123 e. The van der Waals surface area contributed by atoms with Crippen LogP contribution < -0.4 is 5.73 Å². The van der Waals surface area contributed by atoms with Gasteiger partial charge in [-0.15, -0.1) is 0 Å². The molecule has 0 aliphatic carbocycles. The fraction of sp³-hybridized carbons (Fsp3) is 0.250. The summed E-state index contributed by atoms with van der Waals surface area (Å²) in [6.45, 7) is 3.83. The lowest BCUT2D eigenvalue weighted by Crippen LogP contribution is -2.16. The molecule has 0 spiro atoms. The normalized spacial score (nSPS) is 12.4. The van der Waals surface area contributed by atoms with Crippen LogP contribution in [-0.4, -0.2) is 0 Å². The van der Waals surface area contributed by atoms with Gasteiger partial charge in [0.05, 0.1) is 0 Å². The van der Waals surface area contributed by atoms with Gasteiger partial charge in [-0.25, -0.2) is 4.39 Å². The summed E-state index contributed by atoms with van der Waals surface area (Å²) in [4.78, 5) is 0. The van der Waals surface area contributed by atoms with Crippen molar-refractivity contribution in [3.05, 3.63) is 70.5 Å². The van der Waals surface area contributed by atoms with Crippen LogP contribution in [0.1, 0.15) is 28.3 Å². The minimum Gasteiger partial charge on any atom is -0.324 e. The van der Waals surface area contributed by atoms with Crippen LogP contribution in [-0.2, 0) is 6.42 Å². The lowest BCUT2D eigenvalue weighted by atomic mass is 9.92. The molecule has 0 saturated heterocycles. The topological polar surface area (TPSA) is 26.0 Å². The quantitative estimate of drug-likeness (QED) is 0.874. The van der Waals surface area contributed by atoms with E-state index in [1.54, 1.807) is 12.1 Å². The molecule has 2 N–H and O–H groups in total. The largest absolute Gasteiger partial charge is 0.324 e. The molecule has 0 aliphatic rings. The molecule has 0 heterocycles. The van der Waals surface area contributed by atoms with E-state index < -0.39 is 0 Å². The van der Waals surface area contributed by atoms with E-state index in [-0.39, 0.29) is 11.9 Å². The van der Waals surface area contributed by atoms with Crippen LogP contribution in [0.5, 0.6) is 0 Å². The lowest BCUT2D eigenvalue weighted by Gasteiger charge is -2.18. The summed E-state index contributed by atoms with van der Waals surface area (Å²) in [5, 5.41) is 0. The minimum atomic E-state index is -0.194. The molecule has 0 saturated carbocycles. The van der Waals surface area contributed by atoms with E-state index in [1.807, 2.05) is 32.0 Å². The second-order valence-electron chi connectivity index (χ2n) is 4.75. The van der Waals surface area contributed by atoms with Crippen molar-refractivity contribution in [2.45, 2.75) is 26.3 Å². The Balaban J connectivity index is 2.27. The highest BCUT2D eigenvalue weighted by atomic mass is 19.1. The van der Waals surface area contributed by atoms with Gasteiger partial charge in [0.25, 0.3) is 0 Å². The van der Waals surface area contributed by atoms with E-state index in [0.717, 1.165) is 23.1 Å². The van der Waals surface area contributed by atoms with Crippen LogP contribution in [0.25, 0.3) is 0 Å². The number of halogens is 1. The molecule has 18 heavy (non-hydrogen) atoms. The summed E-state index contributed by atoms with van der Waals surface area (Å²) in [6.07, 6.45) is 0.772. The van der Waals surface area contributed by atoms with E-state index in [1.165, 1.54) is 5.56 Å². The second-order valence-corrected chi connectivity index (χ2v) is 4.75. The molecule has 1 nitrogen and oxygen atoms in total. The number of benzene rings is 2. The first-order valence-corrected chi connectivity index (χ1v) is 6.14. The minimum absolute atomic E-state index is 0.0898. The fourth-order valence-corrected chi connectivity index (χ4v) is 2.48. The molecule has 94 valence electrons. The Morgan fingerprint density at radius 2 is 1.61 bits per heavy atom. The molecule has 1 atom stereocenters. The summed E-state index contributed by atoms with van der Waals surface area (Å²) >= 11 is 0. The van der Waals surface area contributed by atoms with Crippen LogP contribution in [0.2, 0.25) is 0 Å². The highest BCUT2D eigenvalue weighted by molar-refractivity contribution is 5.37. The Morgan fingerprint density at radius 3 is 2.17 bits per heavy atom. The first-order chi connectivity index (χ1) is 8.58. The van der Waals surface area contributed by atoms with Crippen LogP contribution in [0.4, 0.5) is 4.39 Å². The zero-order chi connectivity index (χ0) is 13.1. The van der Waals surface area contributed by atoms with Gasteiger partial charge in [0.2, 0.25) is 0 Å². The SMILES string of the molecule is Cc1cc(F)cc(C)c1C(N)Cc1ccccc1. The molecule has 1 unspecified atom stereocenters. The summed E-state index contributed by atoms with van der Waals surface area (Å²) < 4.78 is 13.3. The second kappa shape index (κ2) is 5.32. The van der Waals surface area contributed by atoms with Crippen LogP contribution in [0.15, 0.2) is 42.5 Å². The van der Waals surface area contributed by atoms with Gasteiger partial charge in [0, 0.05) is 6.04 Å². The van der Waals surface area contributed by atoms with Crippen molar-refractivity contribution >= 4 is 0 Å². The van der Waals surface area contributed by atoms with Crippen molar-refractivity contribution in [1.29, 1.82) is 0 Å². The van der Waals surface area contributed by atoms with Crippen molar-refractivity contribution in [2.75, 3.05) is 0 Å². The predicted octanol–water partition coefficient (Wildman–Crippen LogP) is 3.69. The molecule has 0 aliphatic heterocycles. The summed E-state index contributed by atoms with van der Waals surface area (Å²) in [6, 6.07) is 13.1. The van der Waals surface area contributed by atoms with Gasteiger partial charge in [-0.05, 0) is 54.7 Å². The Hall–Kier alpha value is -1.67. The molecule has 0 aromatic heterocycles. The highest BCUT2D eigenvalue weighted by Crippen LogP contribution is 2.24. The third kappa shape index (κ3) is 2.77. The average Bonchev–Trinajstić information content (AvgIpc) is 2.28. The van der Waals surface area contributed by atoms with E-state index in [9.17, 15) is 4.39 Å². The lowest BCUT2D eigenvalue weighted by molar-refractivity contribution is 0.620. The van der Waals surface area contributed by atoms with Gasteiger partial charge in [-0.3, -0.25) is 0 Å². The van der Waals surface area contributed by atoms with Gasteiger partial charge in [-0.2, -0.15) is 0 Å². The first kappa shape index (κ1) is 12.8. The van der Waals surface area contributed by atoms with Crippen molar-refractivity contribution in [1.82, 2.24) is 0 Å². The molecular formula is C16H18FN. The Kier molecular flexibility index (Phi) is 3.78. The zero-order valence-electron chi connectivity index (χ0n) is 10.8. The number of nitrogens with two attached hydrogens (primary N) is 1. The van der Waals surface area contributed by atoms with Crippen LogP contribution in [0.3, 0.4) is 0 Å². The van der Waals surface area contributed by atoms with Gasteiger partial charge < -0.3 is 5.73 Å². The van der Waals surface area contributed by atoms with E-state index in [2.05, 4.69) is 12.1 Å². The van der Waals surface area contributed by atoms with Crippen molar-refractivity contribution in [2.24, 2.45) is 5.73 Å². The standard InChI is InChI=1S/C16H18FN/c1-11-8-14(17)9-12(2)16(11)15(18)10-13-6-4-3-5-7-13/h3-9,15H,10,18H2,1-2H3. The molecule has 0 amide bonds. The monoisotopic (exact) mass is 243 g/mol. The van der Waals surface area contributed by atoms with Crippen molar-refractivity contribution in [3.8, 4) is 0 Å². The summed E-state index contributed by atoms with van der Waals surface area (Å²) in [5.41, 5.74) is 10.4. The van der Waals surface area contributed by atoms with Crippen molar-refractivity contribution < 1.29 is 4.39 Å². The Bertz CT molecular complexity index is 511. The van der Waals surface area contributed by atoms with E-state index >= 15 is 0 Å². The van der Waals surface area contributed by atoms with E-state index in [0.29, 0.717) is 0 Å². The van der Waals surface area contributed by atoms with Gasteiger partial charge in [0.1, 0.15) is 5.82 Å². The Morgan fingerprint density at radius 1 is 1.06 bits per heavy atom. The predicted molar refractivity (Wildman–Crippen MR) is 72.9 cm³/mol. The van der Waals surface area contributed by atoms with E-state index in [4.69, 9.17) is 5.73 Å². The maximum atomic E-state index is 13.3. The molecule has 0 fully saturated rings. The first-order valence-electron chi connectivity index (χ1n) is 6.14. The van der Waals surface area contributed by atoms with Crippen LogP contribution in [0, 0.1) is 19.7 Å². The molecule has 2 heteroatoms. The highest BCUT2D eigenvalue weighted by Gasteiger charge is 2.13. The molecular weight excluding hydrogens is 225 g/mol. The summed E-state index contributed by atoms with van der Waals surface area (Å²) in [7, 11) is 0. The van der Waals surface area contributed by atoms with Gasteiger partial charge in [-0.1, -0.05) is 30.3 Å². The number of aryl methyl sites for hydroxylation is 2. The maximum absolute atomic E-state index is 13.3. The third-order valence-corrected chi connectivity index (χ3v) is 3.23. The molecule has 2 aromatic rings. The molecule has 0 radical (unpaired) electrons. The summed E-state index contributed by atoms with van der Waals surface area (Å²) in [5.74, 6) is -0.194. The third-order valence-electron chi connectivity index (χ3n) is 3.23. The van der Waals surface area contributed by atoms with Gasteiger partial charge >= 0.3 is 0 Å². The molecule has 2 aromatic carbocycles. The fourth-order valence-electron chi connectivity index (χ4n) is 2.48. The average molecular weight is 243 g/mol. The zero-order valence-corrected chi connectivity index (χ0v) is 10.8. The van der Waals surface area contributed by atoms with Crippen LogP contribution >= 0.6 is 0 Å². The molecule has 2 rings (SSSR count). The number of rotatable bonds is 3. The number of hydrogen-bond donors (Lipinski definition) is 1. The van der Waals surface area contributed by atoms with Gasteiger partial charge in [0.15, 0.2) is 0 Å². The molecule has 0 bridgehead atoms. The number of hydrogen-bond acceptors (Lipinski definition) is 1.